The van der Waals surface area contributed by atoms with Gasteiger partial charge in [-0.1, -0.05) is 0 Å². The Bertz CT molecular complexity index is 249. The zero-order chi connectivity index (χ0) is 8.10. The van der Waals surface area contributed by atoms with Crippen molar-refractivity contribution in [3.8, 4) is 0 Å². The molecule has 2 nitrogen and oxygen atoms in total. The molecule has 0 amide bonds. The molecule has 0 N–H and O–H groups in total. The van der Waals surface area contributed by atoms with Gasteiger partial charge in [0.1, 0.15) is 0 Å². The Morgan fingerprint density at radius 3 is 3.09 bits per heavy atom. The van der Waals surface area contributed by atoms with Crippen molar-refractivity contribution >= 4 is 26.5 Å². The Hall–Kier alpha value is -0.791. The van der Waals surface area contributed by atoms with Crippen molar-refractivity contribution in [1.82, 2.24) is 0 Å². The van der Waals surface area contributed by atoms with Crippen molar-refractivity contribution in [1.29, 1.82) is 0 Å². The molecule has 0 aliphatic carbocycles. The van der Waals surface area contributed by atoms with Gasteiger partial charge in [0.25, 0.3) is 0 Å². The normalized spacial score (nSPS) is 10.3. The van der Waals surface area contributed by atoms with E-state index in [9.17, 15) is 4.79 Å². The molecule has 0 atom stereocenters. The van der Waals surface area contributed by atoms with Crippen molar-refractivity contribution in [3.63, 3.8) is 0 Å². The molecule has 1 aromatic heterocycles. The fourth-order valence-electron chi connectivity index (χ4n) is 0.604. The summed E-state index contributed by atoms with van der Waals surface area (Å²) >= 11 is 0.407. The zero-order valence-electron chi connectivity index (χ0n) is 6.11. The third-order valence-electron chi connectivity index (χ3n) is 1.13. The SMILES string of the molecule is COC(=O)/C=C/c1ccc[se]1. The first-order chi connectivity index (χ1) is 5.33. The quantitative estimate of drug-likeness (QED) is 0.416. The van der Waals surface area contributed by atoms with Gasteiger partial charge in [-0.05, 0) is 0 Å². The molecule has 0 unspecified atom stereocenters. The number of carbonyl (C=O) groups excluding carboxylic acids is 1. The van der Waals surface area contributed by atoms with E-state index in [2.05, 4.69) is 9.68 Å². The number of ether oxygens (including phenoxy) is 1. The minimum atomic E-state index is -0.298. The molecule has 0 radical (unpaired) electrons. The van der Waals surface area contributed by atoms with Crippen molar-refractivity contribution in [2.45, 2.75) is 0 Å². The summed E-state index contributed by atoms with van der Waals surface area (Å²) in [6.45, 7) is 0. The Morgan fingerprint density at radius 1 is 1.73 bits per heavy atom. The molecule has 11 heavy (non-hydrogen) atoms. The minimum absolute atomic E-state index is 0.298. The average molecular weight is 215 g/mol. The predicted molar refractivity (Wildman–Crippen MR) is 44.4 cm³/mol. The van der Waals surface area contributed by atoms with Crippen LogP contribution in [0.4, 0.5) is 0 Å². The van der Waals surface area contributed by atoms with Crippen LogP contribution in [0, 0.1) is 0 Å². The molecule has 58 valence electrons. The summed E-state index contributed by atoms with van der Waals surface area (Å²) in [5.41, 5.74) is 0. The van der Waals surface area contributed by atoms with Crippen LogP contribution < -0.4 is 0 Å². The van der Waals surface area contributed by atoms with E-state index in [0.717, 1.165) is 0 Å². The molecular formula is C8H8O2Se. The third-order valence-corrected chi connectivity index (χ3v) is 2.89. The predicted octanol–water partition coefficient (Wildman–Crippen LogP) is 0.930. The van der Waals surface area contributed by atoms with E-state index >= 15 is 0 Å². The van der Waals surface area contributed by atoms with Crippen LogP contribution >= 0.6 is 0 Å². The third kappa shape index (κ3) is 2.74. The maximum atomic E-state index is 10.6. The number of rotatable bonds is 2. The Labute approximate surface area is 71.2 Å². The van der Waals surface area contributed by atoms with E-state index in [1.165, 1.54) is 17.6 Å². The molecule has 0 saturated carbocycles. The summed E-state index contributed by atoms with van der Waals surface area (Å²) in [5, 5.41) is 0. The second-order valence-corrected chi connectivity index (χ2v) is 3.93. The number of esters is 1. The molecule has 1 aromatic rings. The van der Waals surface area contributed by atoms with Crippen molar-refractivity contribution in [2.75, 3.05) is 7.11 Å². The molecule has 0 saturated heterocycles. The summed E-state index contributed by atoms with van der Waals surface area (Å²) in [6, 6.07) is 4.00. The van der Waals surface area contributed by atoms with E-state index in [0.29, 0.717) is 14.5 Å². The van der Waals surface area contributed by atoms with Gasteiger partial charge >= 0.3 is 70.8 Å². The Morgan fingerprint density at radius 2 is 2.55 bits per heavy atom. The number of hydrogen-bond donors (Lipinski definition) is 0. The van der Waals surface area contributed by atoms with E-state index < -0.39 is 0 Å². The molecule has 0 fully saturated rings. The van der Waals surface area contributed by atoms with Gasteiger partial charge in [-0.25, -0.2) is 0 Å². The summed E-state index contributed by atoms with van der Waals surface area (Å²) < 4.78 is 5.64. The number of carbonyl (C=O) groups is 1. The molecule has 0 aliphatic heterocycles. The van der Waals surface area contributed by atoms with Gasteiger partial charge in [0.2, 0.25) is 0 Å². The van der Waals surface area contributed by atoms with Crippen LogP contribution in [-0.4, -0.2) is 27.6 Å². The van der Waals surface area contributed by atoms with Gasteiger partial charge in [-0.15, -0.1) is 0 Å². The van der Waals surface area contributed by atoms with Crippen LogP contribution in [0.25, 0.3) is 6.08 Å². The molecule has 0 aliphatic rings. The van der Waals surface area contributed by atoms with E-state index in [-0.39, 0.29) is 5.97 Å². The molecule has 0 aromatic carbocycles. The van der Waals surface area contributed by atoms with Gasteiger partial charge in [0.05, 0.1) is 0 Å². The fourth-order valence-corrected chi connectivity index (χ4v) is 1.90. The van der Waals surface area contributed by atoms with E-state index in [1.807, 2.05) is 12.1 Å². The monoisotopic (exact) mass is 216 g/mol. The van der Waals surface area contributed by atoms with Crippen molar-refractivity contribution < 1.29 is 9.53 Å². The van der Waals surface area contributed by atoms with Crippen LogP contribution in [-0.2, 0) is 9.53 Å². The first-order valence-corrected chi connectivity index (χ1v) is 4.97. The first kappa shape index (κ1) is 8.31. The second kappa shape index (κ2) is 4.16. The summed E-state index contributed by atoms with van der Waals surface area (Å²) in [5.74, 6) is -0.298. The number of hydrogen-bond acceptors (Lipinski definition) is 2. The van der Waals surface area contributed by atoms with Gasteiger partial charge in [-0.2, -0.15) is 0 Å². The van der Waals surface area contributed by atoms with Gasteiger partial charge in [-0.3, -0.25) is 0 Å². The van der Waals surface area contributed by atoms with Crippen molar-refractivity contribution in [3.05, 3.63) is 27.6 Å². The van der Waals surface area contributed by atoms with Gasteiger partial charge in [0.15, 0.2) is 0 Å². The van der Waals surface area contributed by atoms with Gasteiger partial charge < -0.3 is 0 Å². The fraction of sp³-hybridized carbons (Fsp3) is 0.125. The van der Waals surface area contributed by atoms with Gasteiger partial charge in [0, 0.05) is 0 Å². The molecule has 1 rings (SSSR count). The topological polar surface area (TPSA) is 26.3 Å². The van der Waals surface area contributed by atoms with Crippen LogP contribution in [0.1, 0.15) is 4.44 Å². The second-order valence-electron chi connectivity index (χ2n) is 1.87. The molecule has 3 heteroatoms. The molecule has 1 heterocycles. The summed E-state index contributed by atoms with van der Waals surface area (Å²) in [7, 11) is 1.37. The van der Waals surface area contributed by atoms with Crippen molar-refractivity contribution in [2.24, 2.45) is 0 Å². The maximum absolute atomic E-state index is 10.6. The summed E-state index contributed by atoms with van der Waals surface area (Å²) in [6.07, 6.45) is 3.24. The number of methoxy groups -OCH3 is 1. The molecule has 0 bridgehead atoms. The Balaban J connectivity index is 2.55. The first-order valence-electron chi connectivity index (χ1n) is 3.12. The average Bonchev–Trinajstić information content (AvgIpc) is 2.52. The standard InChI is InChI=1S/C8H8O2Se/c1-10-8(9)5-4-7-3-2-6-11-7/h2-6H,1H3/b5-4+. The van der Waals surface area contributed by atoms with E-state index in [1.54, 1.807) is 6.08 Å². The van der Waals surface area contributed by atoms with Crippen LogP contribution in [0.5, 0.6) is 0 Å². The zero-order valence-corrected chi connectivity index (χ0v) is 7.82. The molecule has 0 spiro atoms. The molecular weight excluding hydrogens is 207 g/mol. The van der Waals surface area contributed by atoms with E-state index in [4.69, 9.17) is 0 Å². The summed E-state index contributed by atoms with van der Waals surface area (Å²) in [4.78, 5) is 12.7. The van der Waals surface area contributed by atoms with Crippen LogP contribution in [0.2, 0.25) is 0 Å². The Kier molecular flexibility index (Phi) is 3.14. The van der Waals surface area contributed by atoms with Crippen LogP contribution in [0.3, 0.4) is 0 Å². The van der Waals surface area contributed by atoms with Crippen LogP contribution in [0.15, 0.2) is 23.1 Å².